The summed E-state index contributed by atoms with van der Waals surface area (Å²) in [6.45, 7) is 7.60. The average Bonchev–Trinajstić information content (AvgIpc) is 2.80. The van der Waals surface area contributed by atoms with Crippen LogP contribution in [0.2, 0.25) is 0 Å². The van der Waals surface area contributed by atoms with E-state index in [2.05, 4.69) is 0 Å². The maximum atomic E-state index is 11.5. The molecule has 0 aromatic carbocycles. The van der Waals surface area contributed by atoms with E-state index in [1.807, 2.05) is 27.7 Å². The Bertz CT molecular complexity index is 204. The molecule has 2 nitrogen and oxygen atoms in total. The molecule has 0 bridgehead atoms. The molecule has 0 unspecified atom stereocenters. The summed E-state index contributed by atoms with van der Waals surface area (Å²) < 4.78 is 0. The van der Waals surface area contributed by atoms with E-state index in [-0.39, 0.29) is 35.2 Å². The van der Waals surface area contributed by atoms with Crippen molar-refractivity contribution in [2.24, 2.45) is 23.7 Å². The first kappa shape index (κ1) is 10.4. The quantitative estimate of drug-likeness (QED) is 0.667. The van der Waals surface area contributed by atoms with Gasteiger partial charge in [-0.3, -0.25) is 9.59 Å². The molecule has 0 aliphatic heterocycles. The Morgan fingerprint density at radius 1 is 0.923 bits per heavy atom. The van der Waals surface area contributed by atoms with Crippen LogP contribution >= 0.6 is 0 Å². The van der Waals surface area contributed by atoms with E-state index in [4.69, 9.17) is 0 Å². The lowest BCUT2D eigenvalue weighted by Gasteiger charge is -2.04. The zero-order valence-electron chi connectivity index (χ0n) is 8.83. The van der Waals surface area contributed by atoms with E-state index in [9.17, 15) is 9.59 Å². The highest BCUT2D eigenvalue weighted by Gasteiger charge is 2.48. The molecular weight excluding hydrogens is 164 g/mol. The Kier molecular flexibility index (Phi) is 2.89. The number of ketones is 2. The van der Waals surface area contributed by atoms with Gasteiger partial charge in [0.15, 0.2) is 0 Å². The van der Waals surface area contributed by atoms with Crippen molar-refractivity contribution in [3.8, 4) is 0 Å². The topological polar surface area (TPSA) is 34.1 Å². The number of rotatable bonds is 4. The second kappa shape index (κ2) is 3.60. The van der Waals surface area contributed by atoms with E-state index in [0.717, 1.165) is 6.42 Å². The molecule has 1 aliphatic carbocycles. The Morgan fingerprint density at radius 3 is 1.46 bits per heavy atom. The summed E-state index contributed by atoms with van der Waals surface area (Å²) in [4.78, 5) is 23.0. The first-order valence-corrected chi connectivity index (χ1v) is 5.02. The van der Waals surface area contributed by atoms with E-state index in [1.54, 1.807) is 0 Å². The lowest BCUT2D eigenvalue weighted by molar-refractivity contribution is -0.128. The monoisotopic (exact) mass is 182 g/mol. The Morgan fingerprint density at radius 2 is 1.23 bits per heavy atom. The highest BCUT2D eigenvalue weighted by molar-refractivity contribution is 5.95. The van der Waals surface area contributed by atoms with E-state index in [0.29, 0.717) is 0 Å². The molecule has 1 saturated carbocycles. The van der Waals surface area contributed by atoms with Crippen molar-refractivity contribution in [1.82, 2.24) is 0 Å². The fourth-order valence-corrected chi connectivity index (χ4v) is 1.68. The third kappa shape index (κ3) is 2.17. The summed E-state index contributed by atoms with van der Waals surface area (Å²) in [5.41, 5.74) is 0. The van der Waals surface area contributed by atoms with Crippen molar-refractivity contribution in [3.63, 3.8) is 0 Å². The highest BCUT2D eigenvalue weighted by Crippen LogP contribution is 2.42. The van der Waals surface area contributed by atoms with Gasteiger partial charge in [-0.05, 0) is 6.42 Å². The first-order chi connectivity index (χ1) is 5.95. The van der Waals surface area contributed by atoms with Crippen molar-refractivity contribution in [2.75, 3.05) is 0 Å². The van der Waals surface area contributed by atoms with Gasteiger partial charge < -0.3 is 0 Å². The smallest absolute Gasteiger partial charge is 0.139 e. The first-order valence-electron chi connectivity index (χ1n) is 5.02. The molecule has 0 N–H and O–H groups in total. The standard InChI is InChI=1S/C11H18O2/c1-6(2)10(12)8-5-9(8)11(13)7(3)4/h6-9H,5H2,1-4H3/t8-,9+. The van der Waals surface area contributed by atoms with Gasteiger partial charge in [0.25, 0.3) is 0 Å². The molecule has 0 aromatic rings. The summed E-state index contributed by atoms with van der Waals surface area (Å²) in [5, 5.41) is 0. The van der Waals surface area contributed by atoms with Gasteiger partial charge in [0.2, 0.25) is 0 Å². The largest absolute Gasteiger partial charge is 0.299 e. The summed E-state index contributed by atoms with van der Waals surface area (Å²) in [7, 11) is 0. The molecule has 13 heavy (non-hydrogen) atoms. The van der Waals surface area contributed by atoms with Gasteiger partial charge in [0, 0.05) is 23.7 Å². The second-order valence-electron chi connectivity index (χ2n) is 4.56. The number of hydrogen-bond donors (Lipinski definition) is 0. The summed E-state index contributed by atoms with van der Waals surface area (Å²) >= 11 is 0. The van der Waals surface area contributed by atoms with E-state index in [1.165, 1.54) is 0 Å². The molecule has 0 aromatic heterocycles. The van der Waals surface area contributed by atoms with Crippen LogP contribution in [-0.4, -0.2) is 11.6 Å². The second-order valence-corrected chi connectivity index (χ2v) is 4.56. The Hall–Kier alpha value is -0.660. The van der Waals surface area contributed by atoms with Crippen molar-refractivity contribution in [1.29, 1.82) is 0 Å². The fraction of sp³-hybridized carbons (Fsp3) is 0.818. The molecular formula is C11H18O2. The van der Waals surface area contributed by atoms with E-state index < -0.39 is 0 Å². The summed E-state index contributed by atoms with van der Waals surface area (Å²) in [6, 6.07) is 0. The molecule has 0 radical (unpaired) electrons. The normalized spacial score (nSPS) is 26.6. The maximum absolute atomic E-state index is 11.5. The minimum atomic E-state index is 0.0508. The van der Waals surface area contributed by atoms with Gasteiger partial charge in [-0.15, -0.1) is 0 Å². The number of Topliss-reactive ketones (excluding diaryl/α,β-unsaturated/α-hetero) is 2. The number of carbonyl (C=O) groups excluding carboxylic acids is 2. The predicted octanol–water partition coefficient (Wildman–Crippen LogP) is 2.07. The van der Waals surface area contributed by atoms with Gasteiger partial charge in [-0.1, -0.05) is 27.7 Å². The molecule has 1 rings (SSSR count). The molecule has 2 atom stereocenters. The zero-order chi connectivity index (χ0) is 10.2. The number of hydrogen-bond acceptors (Lipinski definition) is 2. The zero-order valence-corrected chi connectivity index (χ0v) is 8.83. The molecule has 0 saturated heterocycles. The molecule has 2 heteroatoms. The van der Waals surface area contributed by atoms with Crippen LogP contribution in [0.15, 0.2) is 0 Å². The summed E-state index contributed by atoms with van der Waals surface area (Å²) in [5.74, 6) is 0.785. The van der Waals surface area contributed by atoms with Gasteiger partial charge >= 0.3 is 0 Å². The fourth-order valence-electron chi connectivity index (χ4n) is 1.68. The summed E-state index contributed by atoms with van der Waals surface area (Å²) in [6.07, 6.45) is 0.800. The van der Waals surface area contributed by atoms with Crippen LogP contribution in [0.3, 0.4) is 0 Å². The van der Waals surface area contributed by atoms with Gasteiger partial charge in [0.1, 0.15) is 11.6 Å². The van der Waals surface area contributed by atoms with Crippen LogP contribution in [0.5, 0.6) is 0 Å². The lowest BCUT2D eigenvalue weighted by atomic mass is 9.99. The van der Waals surface area contributed by atoms with Gasteiger partial charge in [-0.25, -0.2) is 0 Å². The lowest BCUT2D eigenvalue weighted by Crippen LogP contribution is -2.16. The van der Waals surface area contributed by atoms with Crippen LogP contribution in [0.1, 0.15) is 34.1 Å². The molecule has 0 spiro atoms. The average molecular weight is 182 g/mol. The Labute approximate surface area is 79.7 Å². The van der Waals surface area contributed by atoms with Crippen molar-refractivity contribution < 1.29 is 9.59 Å². The van der Waals surface area contributed by atoms with Crippen LogP contribution in [-0.2, 0) is 9.59 Å². The highest BCUT2D eigenvalue weighted by atomic mass is 16.1. The van der Waals surface area contributed by atoms with Crippen molar-refractivity contribution >= 4 is 11.6 Å². The molecule has 1 aliphatic rings. The van der Waals surface area contributed by atoms with Crippen molar-refractivity contribution in [3.05, 3.63) is 0 Å². The Balaban J connectivity index is 2.47. The third-order valence-corrected chi connectivity index (χ3v) is 2.66. The maximum Gasteiger partial charge on any atom is 0.139 e. The van der Waals surface area contributed by atoms with Crippen LogP contribution in [0, 0.1) is 23.7 Å². The van der Waals surface area contributed by atoms with Gasteiger partial charge in [-0.2, -0.15) is 0 Å². The number of carbonyl (C=O) groups is 2. The van der Waals surface area contributed by atoms with Crippen molar-refractivity contribution in [2.45, 2.75) is 34.1 Å². The van der Waals surface area contributed by atoms with Crippen LogP contribution in [0.4, 0.5) is 0 Å². The third-order valence-electron chi connectivity index (χ3n) is 2.66. The molecule has 1 fully saturated rings. The minimum absolute atomic E-state index is 0.0508. The van der Waals surface area contributed by atoms with Gasteiger partial charge in [0.05, 0.1) is 0 Å². The molecule has 0 heterocycles. The van der Waals surface area contributed by atoms with Crippen LogP contribution < -0.4 is 0 Å². The molecule has 74 valence electrons. The predicted molar refractivity (Wildman–Crippen MR) is 51.3 cm³/mol. The van der Waals surface area contributed by atoms with E-state index >= 15 is 0 Å². The minimum Gasteiger partial charge on any atom is -0.299 e. The SMILES string of the molecule is CC(C)C(=O)[C@H]1C[C@H]1C(=O)C(C)C. The molecule has 0 amide bonds. The van der Waals surface area contributed by atoms with Crippen LogP contribution in [0.25, 0.3) is 0 Å².